The van der Waals surface area contributed by atoms with E-state index in [1.807, 2.05) is 48.5 Å². The topological polar surface area (TPSA) is 60.5 Å². The molecular formula is C52H48N2O5S2. The van der Waals surface area contributed by atoms with Crippen LogP contribution in [-0.2, 0) is 15.1 Å². The summed E-state index contributed by atoms with van der Waals surface area (Å²) in [6.45, 7) is 16.5. The Balaban J connectivity index is 1.39. The van der Waals surface area contributed by atoms with E-state index in [1.54, 1.807) is 22.7 Å². The molecule has 2 aliphatic rings. The number of esters is 1. The van der Waals surface area contributed by atoms with Crippen molar-refractivity contribution in [3.05, 3.63) is 129 Å². The van der Waals surface area contributed by atoms with Crippen LogP contribution in [0.1, 0.15) is 59.7 Å². The molecule has 0 radical (unpaired) electrons. The molecule has 4 aromatic carbocycles. The predicted molar refractivity (Wildman–Crippen MR) is 251 cm³/mol. The van der Waals surface area contributed by atoms with Crippen LogP contribution in [0.3, 0.4) is 0 Å². The van der Waals surface area contributed by atoms with Gasteiger partial charge in [0.1, 0.15) is 36.2 Å². The number of hydrogen-bond donors (Lipinski definition) is 0. The maximum absolute atomic E-state index is 15.2. The first-order chi connectivity index (χ1) is 29.7. The molecule has 0 N–H and O–H groups in total. The third-order valence-electron chi connectivity index (χ3n) is 11.5. The van der Waals surface area contributed by atoms with Gasteiger partial charge in [0.2, 0.25) is 0 Å². The van der Waals surface area contributed by atoms with Gasteiger partial charge >= 0.3 is 5.97 Å². The highest BCUT2D eigenvalue weighted by atomic mass is 32.1. The largest absolute Gasteiger partial charge is 0.481 e. The molecule has 0 bridgehead atoms. The van der Waals surface area contributed by atoms with Crippen LogP contribution >= 0.6 is 22.7 Å². The fraction of sp³-hybridized carbons (Fsp3) is 0.250. The number of anilines is 2. The fourth-order valence-corrected chi connectivity index (χ4v) is 10.6. The van der Waals surface area contributed by atoms with Gasteiger partial charge in [-0.2, -0.15) is 0 Å². The van der Waals surface area contributed by atoms with E-state index in [4.69, 9.17) is 31.8 Å². The second-order valence-electron chi connectivity index (χ2n) is 14.8. The van der Waals surface area contributed by atoms with Gasteiger partial charge < -0.3 is 28.7 Å². The molecule has 0 amide bonds. The van der Waals surface area contributed by atoms with E-state index < -0.39 is 5.60 Å². The number of aryl methyl sites for hydroxylation is 2. The van der Waals surface area contributed by atoms with Crippen LogP contribution in [0.5, 0.6) is 23.0 Å². The predicted octanol–water partition coefficient (Wildman–Crippen LogP) is 12.0. The summed E-state index contributed by atoms with van der Waals surface area (Å²) in [5.74, 6) is 7.39. The van der Waals surface area contributed by atoms with E-state index in [1.165, 1.54) is 0 Å². The van der Waals surface area contributed by atoms with E-state index in [0.717, 1.165) is 96.0 Å². The van der Waals surface area contributed by atoms with Crippen LogP contribution in [0.2, 0.25) is 0 Å². The summed E-state index contributed by atoms with van der Waals surface area (Å²) in [4.78, 5) is 23.9. The Morgan fingerprint density at radius 3 is 1.51 bits per heavy atom. The number of carbonyl (C=O) groups excluding carboxylic acids is 1. The molecule has 7 nitrogen and oxygen atoms in total. The Morgan fingerprint density at radius 1 is 0.623 bits per heavy atom. The quantitative estimate of drug-likeness (QED) is 0.0799. The average Bonchev–Trinajstić information content (AvgIpc) is 3.94. The highest BCUT2D eigenvalue weighted by molar-refractivity contribution is 7.16. The molecule has 0 fully saturated rings. The monoisotopic (exact) mass is 844 g/mol. The molecule has 308 valence electrons. The van der Waals surface area contributed by atoms with E-state index in [9.17, 15) is 0 Å². The van der Waals surface area contributed by atoms with Crippen LogP contribution in [0, 0.1) is 38.5 Å². The molecule has 2 aliphatic heterocycles. The zero-order valence-electron chi connectivity index (χ0n) is 35.4. The number of carbonyl (C=O) groups is 1. The minimum absolute atomic E-state index is 0.198. The molecule has 0 unspecified atom stereocenters. The highest BCUT2D eigenvalue weighted by Gasteiger charge is 2.56. The summed E-state index contributed by atoms with van der Waals surface area (Å²) in [6, 6.07) is 32.8. The Hall–Kier alpha value is -6.39. The van der Waals surface area contributed by atoms with Gasteiger partial charge in [-0.25, -0.2) is 4.79 Å². The van der Waals surface area contributed by atoms with Gasteiger partial charge in [0.15, 0.2) is 5.60 Å². The number of hydrogen-bond acceptors (Lipinski definition) is 9. The third kappa shape index (κ3) is 7.43. The van der Waals surface area contributed by atoms with Crippen LogP contribution < -0.4 is 24.0 Å². The zero-order valence-corrected chi connectivity index (χ0v) is 37.0. The van der Waals surface area contributed by atoms with Crippen molar-refractivity contribution in [1.29, 1.82) is 0 Å². The van der Waals surface area contributed by atoms with E-state index in [-0.39, 0.29) is 19.2 Å². The molecule has 8 rings (SSSR count). The van der Waals surface area contributed by atoms with Gasteiger partial charge in [0.25, 0.3) is 0 Å². The smallest absolute Gasteiger partial charge is 0.340 e. The van der Waals surface area contributed by atoms with Crippen molar-refractivity contribution in [3.8, 4) is 68.6 Å². The minimum atomic E-state index is -1.33. The molecular weight excluding hydrogens is 797 g/mol. The third-order valence-corrected chi connectivity index (χ3v) is 13.7. The lowest BCUT2D eigenvalue weighted by Gasteiger charge is -2.39. The lowest BCUT2D eigenvalue weighted by Crippen LogP contribution is -2.34. The molecule has 61 heavy (non-hydrogen) atoms. The highest BCUT2D eigenvalue weighted by Crippen LogP contribution is 2.62. The number of fused-ring (bicyclic) bond motifs is 4. The van der Waals surface area contributed by atoms with Gasteiger partial charge in [-0.15, -0.1) is 35.5 Å². The summed E-state index contributed by atoms with van der Waals surface area (Å²) < 4.78 is 25.3. The van der Waals surface area contributed by atoms with Gasteiger partial charge in [-0.05, 0) is 143 Å². The number of thiophene rings is 2. The maximum atomic E-state index is 15.2. The summed E-state index contributed by atoms with van der Waals surface area (Å²) in [5, 5.41) is 0. The molecule has 9 heteroatoms. The van der Waals surface area contributed by atoms with Gasteiger partial charge in [0, 0.05) is 91.5 Å². The van der Waals surface area contributed by atoms with Crippen molar-refractivity contribution in [2.24, 2.45) is 0 Å². The summed E-state index contributed by atoms with van der Waals surface area (Å²) in [6.07, 6.45) is 10.9. The van der Waals surface area contributed by atoms with Gasteiger partial charge in [-0.3, -0.25) is 0 Å². The molecule has 0 atom stereocenters. The fourth-order valence-electron chi connectivity index (χ4n) is 8.50. The molecule has 0 aliphatic carbocycles. The first-order valence-corrected chi connectivity index (χ1v) is 22.3. The van der Waals surface area contributed by atoms with E-state index in [0.29, 0.717) is 28.6 Å². The summed E-state index contributed by atoms with van der Waals surface area (Å²) in [5.41, 5.74) is 7.45. The number of nitrogens with zero attached hydrogens (tertiary/aromatic N) is 2. The SMILES string of the molecule is C#CCOc1ccc(-c2cc(C3=C(c4cc(-c5ccc(OCC#C)cc5)sc4C)C4(OC3=O)c3ccc(N(CC)CC)cc3Oc3cc(N(CC)CC)ccc34)c(C)s2)cc1. The number of benzene rings is 4. The first-order valence-electron chi connectivity index (χ1n) is 20.7. The van der Waals surface area contributed by atoms with Crippen LogP contribution in [0.25, 0.3) is 32.0 Å². The van der Waals surface area contributed by atoms with Crippen molar-refractivity contribution in [2.75, 3.05) is 49.2 Å². The molecule has 1 spiro atoms. The Kier molecular flexibility index (Phi) is 11.7. The number of terminal acetylenes is 2. The number of rotatable bonds is 14. The molecule has 4 heterocycles. The van der Waals surface area contributed by atoms with E-state index >= 15 is 4.79 Å². The molecule has 0 saturated heterocycles. The lowest BCUT2D eigenvalue weighted by molar-refractivity contribution is -0.142. The normalized spacial score (nSPS) is 13.5. The Labute approximate surface area is 367 Å². The molecule has 0 saturated carbocycles. The zero-order chi connectivity index (χ0) is 42.8. The summed E-state index contributed by atoms with van der Waals surface area (Å²) in [7, 11) is 0. The van der Waals surface area contributed by atoms with Gasteiger partial charge in [-0.1, -0.05) is 11.8 Å². The van der Waals surface area contributed by atoms with Crippen LogP contribution in [-0.4, -0.2) is 45.4 Å². The van der Waals surface area contributed by atoms with Gasteiger partial charge in [0.05, 0.1) is 5.57 Å². The summed E-state index contributed by atoms with van der Waals surface area (Å²) >= 11 is 3.33. The second kappa shape index (κ2) is 17.3. The Bertz CT molecular complexity index is 2660. The Morgan fingerprint density at radius 2 is 1.07 bits per heavy atom. The van der Waals surface area contributed by atoms with Crippen LogP contribution in [0.15, 0.2) is 97.1 Å². The van der Waals surface area contributed by atoms with Crippen molar-refractivity contribution in [2.45, 2.75) is 47.1 Å². The average molecular weight is 845 g/mol. The molecule has 2 aromatic heterocycles. The van der Waals surface area contributed by atoms with Crippen molar-refractivity contribution in [3.63, 3.8) is 0 Å². The number of ether oxygens (including phenoxy) is 4. The second-order valence-corrected chi connectivity index (χ2v) is 17.3. The lowest BCUT2D eigenvalue weighted by atomic mass is 9.73. The van der Waals surface area contributed by atoms with Crippen molar-refractivity contribution >= 4 is 51.2 Å². The first kappa shape index (κ1) is 41.3. The molecule has 6 aromatic rings. The minimum Gasteiger partial charge on any atom is -0.481 e. The van der Waals surface area contributed by atoms with E-state index in [2.05, 4.69) is 112 Å². The van der Waals surface area contributed by atoms with Crippen LogP contribution in [0.4, 0.5) is 11.4 Å². The standard InChI is InChI=1S/C52H48N2O5S2/c1-9-27-56-39-21-15-35(16-22-39)47-31-41(33(7)60-47)49-50(42-32-48(61-34(42)8)36-17-23-40(24-18-36)57-28-10-2)52(59-51(49)55)43-25-19-37(53(11-3)12-4)29-45(43)58-46-30-38(20-26-44(46)52)54(13-5)14-6/h1-2,15-26,29-32H,11-14,27-28H2,3-8H3. The van der Waals surface area contributed by atoms with Crippen molar-refractivity contribution in [1.82, 2.24) is 0 Å². The van der Waals surface area contributed by atoms with Crippen molar-refractivity contribution < 1.29 is 23.7 Å². The maximum Gasteiger partial charge on any atom is 0.340 e.